The van der Waals surface area contributed by atoms with Gasteiger partial charge < -0.3 is 10.5 Å². The second-order valence-corrected chi connectivity index (χ2v) is 7.28. The van der Waals surface area contributed by atoms with Crippen LogP contribution in [0.15, 0.2) is 35.2 Å². The van der Waals surface area contributed by atoms with Crippen molar-refractivity contribution in [3.05, 3.63) is 46.7 Å². The predicted octanol–water partition coefficient (Wildman–Crippen LogP) is 2.06. The van der Waals surface area contributed by atoms with Crippen LogP contribution in [0, 0.1) is 5.82 Å². The molecule has 0 saturated heterocycles. The third-order valence-electron chi connectivity index (χ3n) is 3.70. The van der Waals surface area contributed by atoms with Gasteiger partial charge in [0, 0.05) is 24.1 Å². The summed E-state index contributed by atoms with van der Waals surface area (Å²) in [5.74, 6) is -0.130. The molecular formula is C15H14ClFN2O3S. The van der Waals surface area contributed by atoms with Gasteiger partial charge in [0.1, 0.15) is 17.7 Å². The van der Waals surface area contributed by atoms with Crippen LogP contribution in [-0.2, 0) is 16.4 Å². The summed E-state index contributed by atoms with van der Waals surface area (Å²) in [4.78, 5) is -0.280. The van der Waals surface area contributed by atoms with E-state index in [4.69, 9.17) is 27.2 Å². The minimum atomic E-state index is -3.95. The lowest BCUT2D eigenvalue weighted by Crippen LogP contribution is -2.24. The molecule has 8 heteroatoms. The van der Waals surface area contributed by atoms with Crippen molar-refractivity contribution in [3.63, 3.8) is 0 Å². The van der Waals surface area contributed by atoms with Crippen LogP contribution in [0.4, 0.5) is 4.39 Å². The standard InChI is InChI=1S/C15H14ClFN2O3S/c16-13-5-8(3-9-4-10(7-18)22-15(9)13)12-2-1-11(6-14(12)17)23(19,20)21/h1-3,5-6,10H,4,7,18H2,(H2,19,20,21)/t10-/m0/s1. The second-order valence-electron chi connectivity index (χ2n) is 5.31. The smallest absolute Gasteiger partial charge is 0.238 e. The molecule has 3 rings (SSSR count). The third-order valence-corrected chi connectivity index (χ3v) is 4.89. The van der Waals surface area contributed by atoms with Crippen LogP contribution in [-0.4, -0.2) is 21.1 Å². The zero-order valence-electron chi connectivity index (χ0n) is 11.9. The minimum absolute atomic E-state index is 0.146. The fourth-order valence-corrected chi connectivity index (χ4v) is 3.39. The van der Waals surface area contributed by atoms with Crippen LogP contribution in [0.2, 0.25) is 5.02 Å². The summed E-state index contributed by atoms with van der Waals surface area (Å²) in [5, 5.41) is 5.36. The van der Waals surface area contributed by atoms with Gasteiger partial charge in [-0.1, -0.05) is 17.7 Å². The lowest BCUT2D eigenvalue weighted by Gasteiger charge is -2.09. The Kier molecular flexibility index (Phi) is 4.05. The van der Waals surface area contributed by atoms with Crippen molar-refractivity contribution in [3.8, 4) is 16.9 Å². The normalized spacial score (nSPS) is 17.0. The summed E-state index contributed by atoms with van der Waals surface area (Å²) in [5.41, 5.74) is 7.21. The van der Waals surface area contributed by atoms with Gasteiger partial charge in [-0.3, -0.25) is 0 Å². The van der Waals surface area contributed by atoms with Crippen LogP contribution in [0.1, 0.15) is 5.56 Å². The Labute approximate surface area is 138 Å². The summed E-state index contributed by atoms with van der Waals surface area (Å²) in [6.45, 7) is 0.359. The molecule has 0 radical (unpaired) electrons. The average molecular weight is 357 g/mol. The van der Waals surface area contributed by atoms with E-state index in [9.17, 15) is 12.8 Å². The first-order valence-electron chi connectivity index (χ1n) is 6.81. The molecule has 1 aliphatic rings. The molecule has 0 amide bonds. The van der Waals surface area contributed by atoms with Gasteiger partial charge in [-0.15, -0.1) is 0 Å². The van der Waals surface area contributed by atoms with Crippen molar-refractivity contribution in [2.75, 3.05) is 6.54 Å². The Morgan fingerprint density at radius 1 is 1.30 bits per heavy atom. The number of ether oxygens (including phenoxy) is 1. The Balaban J connectivity index is 2.06. The molecule has 1 heterocycles. The largest absolute Gasteiger partial charge is 0.487 e. The van der Waals surface area contributed by atoms with E-state index in [0.29, 0.717) is 29.3 Å². The Morgan fingerprint density at radius 3 is 2.65 bits per heavy atom. The molecule has 0 saturated carbocycles. The number of hydrogen-bond donors (Lipinski definition) is 2. The monoisotopic (exact) mass is 356 g/mol. The van der Waals surface area contributed by atoms with Gasteiger partial charge >= 0.3 is 0 Å². The first-order valence-corrected chi connectivity index (χ1v) is 8.74. The molecule has 0 fully saturated rings. The van der Waals surface area contributed by atoms with E-state index < -0.39 is 15.8 Å². The highest BCUT2D eigenvalue weighted by Crippen LogP contribution is 2.40. The minimum Gasteiger partial charge on any atom is -0.487 e. The van der Waals surface area contributed by atoms with Gasteiger partial charge in [0.15, 0.2) is 0 Å². The van der Waals surface area contributed by atoms with Crippen molar-refractivity contribution >= 4 is 21.6 Å². The quantitative estimate of drug-likeness (QED) is 0.879. The average Bonchev–Trinajstić information content (AvgIpc) is 2.90. The number of rotatable bonds is 3. The fourth-order valence-electron chi connectivity index (χ4n) is 2.58. The summed E-state index contributed by atoms with van der Waals surface area (Å²) >= 11 is 6.20. The van der Waals surface area contributed by atoms with E-state index in [2.05, 4.69) is 0 Å². The van der Waals surface area contributed by atoms with Gasteiger partial charge in [-0.2, -0.15) is 0 Å². The van der Waals surface area contributed by atoms with Gasteiger partial charge in [0.25, 0.3) is 0 Å². The lowest BCUT2D eigenvalue weighted by atomic mass is 10.0. The fraction of sp³-hybridized carbons (Fsp3) is 0.200. The Hall–Kier alpha value is -1.67. The van der Waals surface area contributed by atoms with E-state index in [-0.39, 0.29) is 16.6 Å². The number of halogens is 2. The highest BCUT2D eigenvalue weighted by atomic mass is 35.5. The third kappa shape index (κ3) is 3.05. The van der Waals surface area contributed by atoms with Crippen molar-refractivity contribution < 1.29 is 17.5 Å². The number of sulfonamides is 1. The van der Waals surface area contributed by atoms with Crippen LogP contribution >= 0.6 is 11.6 Å². The van der Waals surface area contributed by atoms with E-state index in [1.54, 1.807) is 12.1 Å². The first kappa shape index (κ1) is 16.2. The highest BCUT2D eigenvalue weighted by molar-refractivity contribution is 7.89. The van der Waals surface area contributed by atoms with E-state index in [1.165, 1.54) is 12.1 Å². The second kappa shape index (κ2) is 5.76. The number of benzene rings is 2. The van der Waals surface area contributed by atoms with Gasteiger partial charge in [0.05, 0.1) is 9.92 Å². The molecular weight excluding hydrogens is 343 g/mol. The van der Waals surface area contributed by atoms with Crippen LogP contribution in [0.5, 0.6) is 5.75 Å². The topological polar surface area (TPSA) is 95.4 Å². The van der Waals surface area contributed by atoms with Crippen molar-refractivity contribution in [2.45, 2.75) is 17.4 Å². The van der Waals surface area contributed by atoms with Crippen molar-refractivity contribution in [2.24, 2.45) is 10.9 Å². The summed E-state index contributed by atoms with van der Waals surface area (Å²) in [6, 6.07) is 6.86. The first-order chi connectivity index (χ1) is 10.8. The molecule has 2 aromatic carbocycles. The maximum atomic E-state index is 14.3. The zero-order valence-corrected chi connectivity index (χ0v) is 13.5. The van der Waals surface area contributed by atoms with Gasteiger partial charge in [-0.25, -0.2) is 17.9 Å². The molecule has 0 unspecified atom stereocenters. The molecule has 2 aromatic rings. The molecule has 0 aliphatic carbocycles. The molecule has 1 aliphatic heterocycles. The molecule has 23 heavy (non-hydrogen) atoms. The number of fused-ring (bicyclic) bond motifs is 1. The predicted molar refractivity (Wildman–Crippen MR) is 85.4 cm³/mol. The maximum absolute atomic E-state index is 14.3. The van der Waals surface area contributed by atoms with Gasteiger partial charge in [-0.05, 0) is 29.8 Å². The van der Waals surface area contributed by atoms with Crippen LogP contribution in [0.25, 0.3) is 11.1 Å². The van der Waals surface area contributed by atoms with Crippen molar-refractivity contribution in [1.82, 2.24) is 0 Å². The summed E-state index contributed by atoms with van der Waals surface area (Å²) in [7, 11) is -3.95. The number of nitrogens with two attached hydrogens (primary N) is 2. The number of hydrogen-bond acceptors (Lipinski definition) is 4. The van der Waals surface area contributed by atoms with Crippen LogP contribution in [0.3, 0.4) is 0 Å². The highest BCUT2D eigenvalue weighted by Gasteiger charge is 2.25. The Bertz CT molecular complexity index is 887. The summed E-state index contributed by atoms with van der Waals surface area (Å²) < 4.78 is 42.4. The van der Waals surface area contributed by atoms with Crippen LogP contribution < -0.4 is 15.6 Å². The lowest BCUT2D eigenvalue weighted by molar-refractivity contribution is 0.241. The van der Waals surface area contributed by atoms with Gasteiger partial charge in [0.2, 0.25) is 10.0 Å². The SMILES string of the molecule is NC[C@@H]1Cc2cc(-c3ccc(S(N)(=O)=O)cc3F)cc(Cl)c2O1. The Morgan fingerprint density at radius 2 is 2.04 bits per heavy atom. The molecule has 0 spiro atoms. The molecule has 5 nitrogen and oxygen atoms in total. The zero-order chi connectivity index (χ0) is 16.8. The summed E-state index contributed by atoms with van der Waals surface area (Å²) in [6.07, 6.45) is 0.448. The molecule has 0 bridgehead atoms. The maximum Gasteiger partial charge on any atom is 0.238 e. The van der Waals surface area contributed by atoms with E-state index in [0.717, 1.165) is 11.6 Å². The molecule has 122 valence electrons. The molecule has 0 aromatic heterocycles. The van der Waals surface area contributed by atoms with E-state index in [1.807, 2.05) is 0 Å². The number of primary sulfonamides is 1. The molecule has 4 N–H and O–H groups in total. The van der Waals surface area contributed by atoms with E-state index >= 15 is 0 Å². The van der Waals surface area contributed by atoms with Crippen molar-refractivity contribution in [1.29, 1.82) is 0 Å². The molecule has 1 atom stereocenters.